The molecule has 0 bridgehead atoms. The number of rotatable bonds is 2. The molecule has 0 spiro atoms. The predicted octanol–water partition coefficient (Wildman–Crippen LogP) is 1.06. The number of aromatic nitrogens is 5. The minimum Gasteiger partial charge on any atom is -0.349 e. The molecule has 3 aromatic heterocycles. The average molecular weight is 366 g/mol. The fraction of sp³-hybridized carbons (Fsp3) is 0.368. The van der Waals surface area contributed by atoms with Crippen LogP contribution in [0, 0.1) is 6.92 Å². The highest BCUT2D eigenvalue weighted by Crippen LogP contribution is 2.19. The van der Waals surface area contributed by atoms with Gasteiger partial charge in [-0.15, -0.1) is 0 Å². The van der Waals surface area contributed by atoms with E-state index in [-0.39, 0.29) is 11.5 Å². The van der Waals surface area contributed by atoms with Crippen LogP contribution >= 0.6 is 0 Å². The van der Waals surface area contributed by atoms with Crippen LogP contribution < -0.4 is 5.56 Å². The Morgan fingerprint density at radius 3 is 2.74 bits per heavy atom. The van der Waals surface area contributed by atoms with Gasteiger partial charge < -0.3 is 9.47 Å². The van der Waals surface area contributed by atoms with Crippen LogP contribution in [0.1, 0.15) is 27.6 Å². The monoisotopic (exact) mass is 366 g/mol. The van der Waals surface area contributed by atoms with Crippen molar-refractivity contribution in [3.8, 4) is 11.4 Å². The topological polar surface area (TPSA) is 88.8 Å². The van der Waals surface area contributed by atoms with Gasteiger partial charge in [0, 0.05) is 45.4 Å². The molecule has 1 amide bonds. The first kappa shape index (κ1) is 17.3. The van der Waals surface area contributed by atoms with E-state index in [1.807, 2.05) is 36.9 Å². The second-order valence-electron chi connectivity index (χ2n) is 6.91. The zero-order chi connectivity index (χ0) is 19.1. The van der Waals surface area contributed by atoms with Gasteiger partial charge in [-0.1, -0.05) is 0 Å². The summed E-state index contributed by atoms with van der Waals surface area (Å²) in [6.45, 7) is 2.85. The number of nitrogens with zero attached hydrogens (tertiary/aromatic N) is 5. The van der Waals surface area contributed by atoms with Crippen LogP contribution in [0.5, 0.6) is 0 Å². The van der Waals surface area contributed by atoms with E-state index in [9.17, 15) is 9.59 Å². The fourth-order valence-electron chi connectivity index (χ4n) is 3.53. The second kappa shape index (κ2) is 6.53. The van der Waals surface area contributed by atoms with Crippen molar-refractivity contribution < 1.29 is 4.79 Å². The Kier molecular flexibility index (Phi) is 4.18. The van der Waals surface area contributed by atoms with Gasteiger partial charge in [0.15, 0.2) is 0 Å². The number of carbonyl (C=O) groups is 1. The summed E-state index contributed by atoms with van der Waals surface area (Å²) in [5.41, 5.74) is 3.63. The van der Waals surface area contributed by atoms with E-state index in [1.165, 1.54) is 0 Å². The molecule has 0 aliphatic carbocycles. The second-order valence-corrected chi connectivity index (χ2v) is 6.91. The minimum absolute atomic E-state index is 0.0145. The molecular formula is C19H22N6O2. The van der Waals surface area contributed by atoms with Crippen LogP contribution in [0.4, 0.5) is 0 Å². The van der Waals surface area contributed by atoms with E-state index in [4.69, 9.17) is 0 Å². The SMILES string of the molecule is Cc1nc2c(c(=O)n1C)CCN(C(=O)c1cc(-c3cccn3C)n[nH]1)CC2. The molecule has 4 heterocycles. The first-order valence-corrected chi connectivity index (χ1v) is 8.97. The summed E-state index contributed by atoms with van der Waals surface area (Å²) < 4.78 is 3.52. The van der Waals surface area contributed by atoms with Gasteiger partial charge in [-0.05, 0) is 31.5 Å². The molecule has 0 saturated heterocycles. The van der Waals surface area contributed by atoms with E-state index < -0.39 is 0 Å². The average Bonchev–Trinajstić information content (AvgIpc) is 3.24. The summed E-state index contributed by atoms with van der Waals surface area (Å²) in [7, 11) is 3.67. The van der Waals surface area contributed by atoms with Gasteiger partial charge in [0.25, 0.3) is 11.5 Å². The van der Waals surface area contributed by atoms with Crippen molar-refractivity contribution in [2.24, 2.45) is 14.1 Å². The van der Waals surface area contributed by atoms with Crippen molar-refractivity contribution in [2.75, 3.05) is 13.1 Å². The van der Waals surface area contributed by atoms with Crippen LogP contribution in [0.15, 0.2) is 29.2 Å². The van der Waals surface area contributed by atoms with Crippen molar-refractivity contribution in [1.82, 2.24) is 29.2 Å². The van der Waals surface area contributed by atoms with Gasteiger partial charge >= 0.3 is 0 Å². The number of hydrogen-bond acceptors (Lipinski definition) is 4. The number of amides is 1. The van der Waals surface area contributed by atoms with Crippen LogP contribution in [0.3, 0.4) is 0 Å². The first-order chi connectivity index (χ1) is 13.0. The summed E-state index contributed by atoms with van der Waals surface area (Å²) in [5.74, 6) is 0.587. The quantitative estimate of drug-likeness (QED) is 0.734. The number of hydrogen-bond donors (Lipinski definition) is 1. The van der Waals surface area contributed by atoms with Crippen LogP contribution in [-0.4, -0.2) is 48.2 Å². The van der Waals surface area contributed by atoms with Gasteiger partial charge in [0.05, 0.1) is 11.4 Å². The van der Waals surface area contributed by atoms with Crippen LogP contribution in [0.25, 0.3) is 11.4 Å². The van der Waals surface area contributed by atoms with Crippen molar-refractivity contribution in [3.63, 3.8) is 0 Å². The Morgan fingerprint density at radius 1 is 1.22 bits per heavy atom. The molecule has 3 aromatic rings. The lowest BCUT2D eigenvalue weighted by Gasteiger charge is -2.18. The largest absolute Gasteiger partial charge is 0.349 e. The number of fused-ring (bicyclic) bond motifs is 1. The Morgan fingerprint density at radius 2 is 2.00 bits per heavy atom. The van der Waals surface area contributed by atoms with Gasteiger partial charge in [-0.2, -0.15) is 5.10 Å². The molecule has 8 heteroatoms. The number of H-pyrrole nitrogens is 1. The van der Waals surface area contributed by atoms with Crippen molar-refractivity contribution in [3.05, 3.63) is 57.5 Å². The van der Waals surface area contributed by atoms with E-state index in [2.05, 4.69) is 15.2 Å². The standard InChI is InChI=1S/C19H22N6O2/c1-12-20-14-7-10-25(9-6-13(14)18(26)24(12)3)19(27)16-11-15(21-22-16)17-5-4-8-23(17)2/h4-5,8,11H,6-7,9-10H2,1-3H3,(H,21,22). The van der Waals surface area contributed by atoms with Crippen LogP contribution in [0.2, 0.25) is 0 Å². The molecule has 0 saturated carbocycles. The molecule has 1 N–H and O–H groups in total. The van der Waals surface area contributed by atoms with E-state index in [0.717, 1.165) is 17.1 Å². The van der Waals surface area contributed by atoms with Gasteiger partial charge in [-0.25, -0.2) is 4.98 Å². The van der Waals surface area contributed by atoms with E-state index in [0.29, 0.717) is 43.0 Å². The smallest absolute Gasteiger partial charge is 0.271 e. The lowest BCUT2D eigenvalue weighted by Crippen LogP contribution is -2.33. The number of carbonyl (C=O) groups excluding carboxylic acids is 1. The molecular weight excluding hydrogens is 344 g/mol. The predicted molar refractivity (Wildman–Crippen MR) is 101 cm³/mol. The summed E-state index contributed by atoms with van der Waals surface area (Å²) in [6.07, 6.45) is 3.03. The van der Waals surface area contributed by atoms with Gasteiger partial charge in [-0.3, -0.25) is 19.3 Å². The summed E-state index contributed by atoms with van der Waals surface area (Å²) in [4.78, 5) is 31.7. The maximum atomic E-state index is 12.9. The van der Waals surface area contributed by atoms with Gasteiger partial charge in [0.2, 0.25) is 0 Å². The summed E-state index contributed by atoms with van der Waals surface area (Å²) >= 11 is 0. The molecule has 0 radical (unpaired) electrons. The summed E-state index contributed by atoms with van der Waals surface area (Å²) in [5, 5.41) is 7.13. The Balaban J connectivity index is 1.56. The molecule has 0 unspecified atom stereocenters. The highest BCUT2D eigenvalue weighted by molar-refractivity contribution is 5.93. The molecule has 27 heavy (non-hydrogen) atoms. The number of aromatic amines is 1. The Bertz CT molecular complexity index is 1070. The van der Waals surface area contributed by atoms with Gasteiger partial charge in [0.1, 0.15) is 17.2 Å². The number of aryl methyl sites for hydroxylation is 2. The normalized spacial score (nSPS) is 14.1. The van der Waals surface area contributed by atoms with E-state index >= 15 is 0 Å². The zero-order valence-electron chi connectivity index (χ0n) is 15.7. The fourth-order valence-corrected chi connectivity index (χ4v) is 3.53. The third kappa shape index (κ3) is 2.97. The molecule has 1 aliphatic rings. The third-order valence-corrected chi connectivity index (χ3v) is 5.25. The van der Waals surface area contributed by atoms with Crippen molar-refractivity contribution in [1.29, 1.82) is 0 Å². The molecule has 1 aliphatic heterocycles. The molecule has 0 aromatic carbocycles. The molecule has 4 rings (SSSR count). The summed E-state index contributed by atoms with van der Waals surface area (Å²) in [6, 6.07) is 5.67. The van der Waals surface area contributed by atoms with E-state index in [1.54, 1.807) is 22.6 Å². The van der Waals surface area contributed by atoms with Crippen LogP contribution in [-0.2, 0) is 26.9 Å². The third-order valence-electron chi connectivity index (χ3n) is 5.25. The highest BCUT2D eigenvalue weighted by Gasteiger charge is 2.24. The minimum atomic E-state index is -0.107. The molecule has 8 nitrogen and oxygen atoms in total. The molecule has 0 atom stereocenters. The van der Waals surface area contributed by atoms with Crippen molar-refractivity contribution >= 4 is 5.91 Å². The molecule has 140 valence electrons. The lowest BCUT2D eigenvalue weighted by molar-refractivity contribution is 0.0757. The zero-order valence-corrected chi connectivity index (χ0v) is 15.7. The Labute approximate surface area is 156 Å². The number of nitrogens with one attached hydrogen (secondary N) is 1. The first-order valence-electron chi connectivity index (χ1n) is 8.97. The maximum absolute atomic E-state index is 12.9. The highest BCUT2D eigenvalue weighted by atomic mass is 16.2. The van der Waals surface area contributed by atoms with Crippen molar-refractivity contribution in [2.45, 2.75) is 19.8 Å². The maximum Gasteiger partial charge on any atom is 0.271 e. The molecule has 0 fully saturated rings. The Hall–Kier alpha value is -3.16. The lowest BCUT2D eigenvalue weighted by atomic mass is 10.1.